The predicted octanol–water partition coefficient (Wildman–Crippen LogP) is 6.74. The number of amides is 1. The Balaban J connectivity index is 4.50. The van der Waals surface area contributed by atoms with Gasteiger partial charge in [0.2, 0.25) is 5.91 Å². The lowest BCUT2D eigenvalue weighted by Crippen LogP contribution is -2.38. The zero-order chi connectivity index (χ0) is 28.8. The number of carbonyl (C=O) groups is 4. The molecule has 0 radical (unpaired) electrons. The Bertz CT molecular complexity index is 671. The van der Waals surface area contributed by atoms with E-state index in [1.165, 1.54) is 64.2 Å². The van der Waals surface area contributed by atoms with Crippen LogP contribution in [0.5, 0.6) is 0 Å². The molecule has 0 aromatic heterocycles. The van der Waals surface area contributed by atoms with Gasteiger partial charge in [0.1, 0.15) is 5.78 Å². The highest BCUT2D eigenvalue weighted by Crippen LogP contribution is 2.35. The minimum Gasteiger partial charge on any atom is -0.360 e. The van der Waals surface area contributed by atoms with Gasteiger partial charge < -0.3 is 15.1 Å². The summed E-state index contributed by atoms with van der Waals surface area (Å²) in [6.07, 6.45) is 16.9. The molecule has 0 fully saturated rings. The van der Waals surface area contributed by atoms with Gasteiger partial charge in [0.05, 0.1) is 0 Å². The van der Waals surface area contributed by atoms with Crippen LogP contribution >= 0.6 is 8.15 Å². The lowest BCUT2D eigenvalue weighted by molar-refractivity contribution is -0.123. The van der Waals surface area contributed by atoms with Crippen molar-refractivity contribution in [3.8, 4) is 0 Å². The van der Waals surface area contributed by atoms with Crippen molar-refractivity contribution in [2.24, 2.45) is 5.92 Å². The molecule has 0 rings (SSSR count). The van der Waals surface area contributed by atoms with E-state index in [4.69, 9.17) is 0 Å². The van der Waals surface area contributed by atoms with E-state index in [2.05, 4.69) is 19.2 Å². The maximum Gasteiger partial charge on any atom is 0.219 e. The van der Waals surface area contributed by atoms with Gasteiger partial charge in [-0.2, -0.15) is 0 Å². The minimum atomic E-state index is -2.43. The van der Waals surface area contributed by atoms with E-state index in [9.17, 15) is 24.1 Å². The van der Waals surface area contributed by atoms with Crippen molar-refractivity contribution in [2.45, 2.75) is 142 Å². The van der Waals surface area contributed by atoms with E-state index in [0.29, 0.717) is 18.9 Å². The van der Waals surface area contributed by atoms with Crippen molar-refractivity contribution in [1.82, 2.24) is 10.2 Å². The second-order valence-corrected chi connectivity index (χ2v) is 12.6. The number of hydrogen-bond acceptors (Lipinski definition) is 6. The molecule has 8 heteroatoms. The van der Waals surface area contributed by atoms with Gasteiger partial charge in [0, 0.05) is 44.7 Å². The number of nitrogens with one attached hydrogen (secondary N) is 1. The topological polar surface area (TPSA) is 104 Å². The van der Waals surface area contributed by atoms with Crippen LogP contribution in [0.4, 0.5) is 0 Å². The molecule has 0 bridgehead atoms. The summed E-state index contributed by atoms with van der Waals surface area (Å²) in [7, 11) is 1.21. The summed E-state index contributed by atoms with van der Waals surface area (Å²) in [5, 5.41) is 2.75. The van der Waals surface area contributed by atoms with E-state index in [1.54, 1.807) is 6.92 Å². The molecule has 38 heavy (non-hydrogen) atoms. The second-order valence-electron chi connectivity index (χ2n) is 11.0. The molecule has 0 aliphatic carbocycles. The molecule has 3 unspecified atom stereocenters. The van der Waals surface area contributed by atoms with E-state index >= 15 is 0 Å². The maximum absolute atomic E-state index is 12.9. The SMILES string of the molecule is CCCCCCCCCCCCCC(CC)CC(=O)CC(CC(=O)P(O)C(=O)CCN(C)C)NC(=O)CC. The molecule has 7 nitrogen and oxygen atoms in total. The van der Waals surface area contributed by atoms with Gasteiger partial charge in [-0.1, -0.05) is 104 Å². The second kappa shape index (κ2) is 23.7. The first-order valence-electron chi connectivity index (χ1n) is 15.1. The molecule has 0 aliphatic heterocycles. The van der Waals surface area contributed by atoms with Crippen molar-refractivity contribution < 1.29 is 24.1 Å². The summed E-state index contributed by atoms with van der Waals surface area (Å²) in [5.74, 6) is 0.0852. The fraction of sp³-hybridized carbons (Fsp3) is 0.867. The third-order valence-corrected chi connectivity index (χ3v) is 8.49. The van der Waals surface area contributed by atoms with E-state index in [1.807, 2.05) is 19.0 Å². The summed E-state index contributed by atoms with van der Waals surface area (Å²) in [5.41, 5.74) is -1.05. The Kier molecular flexibility index (Phi) is 23.0. The van der Waals surface area contributed by atoms with Crippen molar-refractivity contribution in [1.29, 1.82) is 0 Å². The number of Topliss-reactive ketones (excluding diaryl/α,β-unsaturated/α-hetero) is 1. The van der Waals surface area contributed by atoms with Crippen LogP contribution in [0.25, 0.3) is 0 Å². The summed E-state index contributed by atoms with van der Waals surface area (Å²) < 4.78 is 0. The van der Waals surface area contributed by atoms with Crippen molar-refractivity contribution in [3.05, 3.63) is 0 Å². The Morgan fingerprint density at radius 3 is 1.82 bits per heavy atom. The Labute approximate surface area is 234 Å². The average molecular weight is 557 g/mol. The molecular formula is C30H57N2O5P. The van der Waals surface area contributed by atoms with Gasteiger partial charge >= 0.3 is 0 Å². The van der Waals surface area contributed by atoms with Gasteiger partial charge in [-0.3, -0.25) is 19.2 Å². The van der Waals surface area contributed by atoms with E-state index in [-0.39, 0.29) is 37.4 Å². The standard InChI is InChI=1S/C30H57N2O5P/c1-6-9-10-11-12-13-14-15-16-17-18-19-25(7-2)22-27(33)23-26(31-28(34)8-3)24-30(36)38(37)29(35)20-21-32(4)5/h25-26,37H,6-24H2,1-5H3,(H,31,34). The minimum absolute atomic E-state index is 0.0235. The number of nitrogens with zero attached hydrogens (tertiary/aromatic N) is 1. The van der Waals surface area contributed by atoms with Gasteiger partial charge in [-0.15, -0.1) is 0 Å². The molecule has 0 spiro atoms. The molecule has 0 saturated carbocycles. The molecule has 2 N–H and O–H groups in total. The van der Waals surface area contributed by atoms with Crippen molar-refractivity contribution >= 4 is 30.9 Å². The van der Waals surface area contributed by atoms with Crippen molar-refractivity contribution in [2.75, 3.05) is 20.6 Å². The summed E-state index contributed by atoms with van der Waals surface area (Å²) in [6, 6.07) is -0.680. The van der Waals surface area contributed by atoms with E-state index < -0.39 is 25.2 Å². The number of carbonyl (C=O) groups excluding carboxylic acids is 4. The third-order valence-electron chi connectivity index (χ3n) is 7.14. The first-order valence-corrected chi connectivity index (χ1v) is 16.4. The molecule has 0 saturated heterocycles. The Morgan fingerprint density at radius 2 is 1.32 bits per heavy atom. The number of hydrogen-bond donors (Lipinski definition) is 2. The average Bonchev–Trinajstić information content (AvgIpc) is 2.88. The first-order chi connectivity index (χ1) is 18.1. The zero-order valence-electron chi connectivity index (χ0n) is 25.1. The zero-order valence-corrected chi connectivity index (χ0v) is 26.0. The molecule has 0 aromatic rings. The lowest BCUT2D eigenvalue weighted by Gasteiger charge is -2.20. The Hall–Kier alpha value is -1.17. The molecular weight excluding hydrogens is 499 g/mol. The molecule has 0 aliphatic rings. The lowest BCUT2D eigenvalue weighted by atomic mass is 9.91. The molecule has 222 valence electrons. The van der Waals surface area contributed by atoms with Gasteiger partial charge in [-0.25, -0.2) is 0 Å². The highest BCUT2D eigenvalue weighted by molar-refractivity contribution is 7.84. The van der Waals surface area contributed by atoms with Crippen LogP contribution in [-0.2, 0) is 19.2 Å². The maximum atomic E-state index is 12.9. The van der Waals surface area contributed by atoms with Gasteiger partial charge in [0.15, 0.2) is 19.2 Å². The van der Waals surface area contributed by atoms with Crippen LogP contribution in [-0.4, -0.2) is 59.2 Å². The monoisotopic (exact) mass is 556 g/mol. The number of ketones is 1. The van der Waals surface area contributed by atoms with Crippen LogP contribution in [0, 0.1) is 5.92 Å². The smallest absolute Gasteiger partial charge is 0.219 e. The van der Waals surface area contributed by atoms with Gasteiger partial charge in [0.25, 0.3) is 0 Å². The predicted molar refractivity (Wildman–Crippen MR) is 158 cm³/mol. The summed E-state index contributed by atoms with van der Waals surface area (Å²) in [6.45, 7) is 6.52. The number of unbranched alkanes of at least 4 members (excludes halogenated alkanes) is 10. The van der Waals surface area contributed by atoms with Gasteiger partial charge in [-0.05, 0) is 20.0 Å². The Morgan fingerprint density at radius 1 is 0.763 bits per heavy atom. The third kappa shape index (κ3) is 19.8. The largest absolute Gasteiger partial charge is 0.360 e. The fourth-order valence-corrected chi connectivity index (χ4v) is 5.58. The van der Waals surface area contributed by atoms with E-state index in [0.717, 1.165) is 19.3 Å². The van der Waals surface area contributed by atoms with Crippen molar-refractivity contribution in [3.63, 3.8) is 0 Å². The van der Waals surface area contributed by atoms with Crippen LogP contribution < -0.4 is 5.32 Å². The van der Waals surface area contributed by atoms with Crippen LogP contribution in [0.15, 0.2) is 0 Å². The molecule has 1 amide bonds. The quantitative estimate of drug-likeness (QED) is 0.0903. The van der Waals surface area contributed by atoms with Crippen LogP contribution in [0.3, 0.4) is 0 Å². The highest BCUT2D eigenvalue weighted by Gasteiger charge is 2.28. The van der Waals surface area contributed by atoms with Crippen LogP contribution in [0.1, 0.15) is 136 Å². The van der Waals surface area contributed by atoms with Crippen LogP contribution in [0.2, 0.25) is 0 Å². The summed E-state index contributed by atoms with van der Waals surface area (Å²) >= 11 is 0. The first kappa shape index (κ1) is 36.8. The molecule has 0 aromatic carbocycles. The fourth-order valence-electron chi connectivity index (χ4n) is 4.59. The molecule has 3 atom stereocenters. The molecule has 0 heterocycles. The summed E-state index contributed by atoms with van der Waals surface area (Å²) in [4.78, 5) is 61.7. The number of rotatable bonds is 26. The highest BCUT2D eigenvalue weighted by atomic mass is 31.1. The normalized spacial score (nSPS) is 13.8.